The first-order chi connectivity index (χ1) is 9.98. The van der Waals surface area contributed by atoms with Gasteiger partial charge in [0.15, 0.2) is 0 Å². The molecular weight excluding hydrogens is 256 g/mol. The molecule has 0 aliphatic carbocycles. The molecule has 0 unspecified atom stereocenters. The van der Waals surface area contributed by atoms with E-state index in [4.69, 9.17) is 0 Å². The molecule has 1 aromatic rings. The molecule has 0 aromatic heterocycles. The molecule has 1 aliphatic rings. The maximum absolute atomic E-state index is 4.00. The van der Waals surface area contributed by atoms with Crippen molar-refractivity contribution < 1.29 is 0 Å². The first kappa shape index (κ1) is 16.3. The van der Waals surface area contributed by atoms with Gasteiger partial charge in [-0.05, 0) is 45.2 Å². The SMILES string of the molecule is C=CC[C@]1(N[C@H](C)c2ccccc2)C[C@@H](C)N(C)C[C@@H]1C. The Morgan fingerprint density at radius 2 is 2.05 bits per heavy atom. The van der Waals surface area contributed by atoms with Crippen molar-refractivity contribution in [2.45, 2.75) is 51.2 Å². The van der Waals surface area contributed by atoms with Crippen molar-refractivity contribution in [2.24, 2.45) is 5.92 Å². The largest absolute Gasteiger partial charge is 0.304 e. The van der Waals surface area contributed by atoms with Crippen molar-refractivity contribution in [1.82, 2.24) is 10.2 Å². The smallest absolute Gasteiger partial charge is 0.0297 e. The van der Waals surface area contributed by atoms with Gasteiger partial charge in [-0.1, -0.05) is 43.3 Å². The fraction of sp³-hybridized carbons (Fsp3) is 0.579. The highest BCUT2D eigenvalue weighted by molar-refractivity contribution is 5.19. The standard InChI is InChI=1S/C19H30N2/c1-6-12-19(13-16(3)21(5)14-15(19)2)20-17(4)18-10-8-7-9-11-18/h6-11,15-17,20H,1,12-14H2,2-5H3/t15-,16+,17+,19-/m0/s1. The van der Waals surface area contributed by atoms with Gasteiger partial charge in [0.25, 0.3) is 0 Å². The van der Waals surface area contributed by atoms with Crippen molar-refractivity contribution in [3.63, 3.8) is 0 Å². The van der Waals surface area contributed by atoms with Crippen LogP contribution in [0, 0.1) is 5.92 Å². The van der Waals surface area contributed by atoms with E-state index < -0.39 is 0 Å². The molecule has 1 fully saturated rings. The maximum Gasteiger partial charge on any atom is 0.0297 e. The number of nitrogens with one attached hydrogen (secondary N) is 1. The number of likely N-dealkylation sites (tertiary alicyclic amines) is 1. The number of hydrogen-bond acceptors (Lipinski definition) is 2. The molecule has 2 nitrogen and oxygen atoms in total. The molecule has 0 spiro atoms. The van der Waals surface area contributed by atoms with Gasteiger partial charge in [0.05, 0.1) is 0 Å². The highest BCUT2D eigenvalue weighted by Crippen LogP contribution is 2.36. The Balaban J connectivity index is 2.20. The Hall–Kier alpha value is -1.12. The Bertz CT molecular complexity index is 456. The van der Waals surface area contributed by atoms with Gasteiger partial charge < -0.3 is 10.2 Å². The van der Waals surface area contributed by atoms with E-state index in [1.165, 1.54) is 12.0 Å². The molecule has 2 heteroatoms. The lowest BCUT2D eigenvalue weighted by Gasteiger charge is -2.50. The van der Waals surface area contributed by atoms with E-state index in [9.17, 15) is 0 Å². The molecule has 1 heterocycles. The highest BCUT2D eigenvalue weighted by Gasteiger charge is 2.42. The summed E-state index contributed by atoms with van der Waals surface area (Å²) in [6.07, 6.45) is 4.29. The predicted molar refractivity (Wildman–Crippen MR) is 91.4 cm³/mol. The summed E-state index contributed by atoms with van der Waals surface area (Å²) in [5.41, 5.74) is 1.52. The van der Waals surface area contributed by atoms with Gasteiger partial charge in [0.2, 0.25) is 0 Å². The van der Waals surface area contributed by atoms with Crippen LogP contribution in [0.25, 0.3) is 0 Å². The quantitative estimate of drug-likeness (QED) is 0.823. The summed E-state index contributed by atoms with van der Waals surface area (Å²) in [7, 11) is 2.24. The maximum atomic E-state index is 4.00. The van der Waals surface area contributed by atoms with Crippen LogP contribution in [0.15, 0.2) is 43.0 Å². The Morgan fingerprint density at radius 1 is 1.38 bits per heavy atom. The van der Waals surface area contributed by atoms with Crippen molar-refractivity contribution in [2.75, 3.05) is 13.6 Å². The van der Waals surface area contributed by atoms with Crippen LogP contribution < -0.4 is 5.32 Å². The number of nitrogens with zero attached hydrogens (tertiary/aromatic N) is 1. The Labute approximate surface area is 130 Å². The number of piperidine rings is 1. The van der Waals surface area contributed by atoms with Crippen molar-refractivity contribution >= 4 is 0 Å². The lowest BCUT2D eigenvalue weighted by molar-refractivity contribution is 0.0491. The van der Waals surface area contributed by atoms with Gasteiger partial charge in [-0.15, -0.1) is 6.58 Å². The van der Waals surface area contributed by atoms with E-state index in [2.05, 4.69) is 81.0 Å². The number of benzene rings is 1. The molecule has 1 aromatic carbocycles. The Morgan fingerprint density at radius 3 is 2.67 bits per heavy atom. The number of rotatable bonds is 5. The van der Waals surface area contributed by atoms with Gasteiger partial charge in [-0.3, -0.25) is 0 Å². The molecule has 0 amide bonds. The molecule has 1 aliphatic heterocycles. The summed E-state index contributed by atoms with van der Waals surface area (Å²) in [5, 5.41) is 3.95. The lowest BCUT2D eigenvalue weighted by atomic mass is 9.73. The summed E-state index contributed by atoms with van der Waals surface area (Å²) in [6.45, 7) is 12.1. The minimum absolute atomic E-state index is 0.156. The summed E-state index contributed by atoms with van der Waals surface area (Å²) < 4.78 is 0. The molecule has 1 N–H and O–H groups in total. The van der Waals surface area contributed by atoms with Crippen LogP contribution in [0.4, 0.5) is 0 Å². The third-order valence-electron chi connectivity index (χ3n) is 5.23. The highest BCUT2D eigenvalue weighted by atomic mass is 15.2. The fourth-order valence-electron chi connectivity index (χ4n) is 3.73. The second-order valence-corrected chi connectivity index (χ2v) is 6.82. The minimum Gasteiger partial charge on any atom is -0.304 e. The first-order valence-corrected chi connectivity index (χ1v) is 8.12. The molecule has 21 heavy (non-hydrogen) atoms. The molecule has 2 rings (SSSR count). The molecular formula is C19H30N2. The zero-order valence-electron chi connectivity index (χ0n) is 14.0. The second-order valence-electron chi connectivity index (χ2n) is 6.82. The molecule has 0 bridgehead atoms. The zero-order chi connectivity index (χ0) is 15.5. The van der Waals surface area contributed by atoms with Crippen LogP contribution in [0.3, 0.4) is 0 Å². The molecule has 116 valence electrons. The Kier molecular flexibility index (Phi) is 5.23. The summed E-state index contributed by atoms with van der Waals surface area (Å²) in [5.74, 6) is 0.614. The first-order valence-electron chi connectivity index (χ1n) is 8.12. The van der Waals surface area contributed by atoms with Crippen LogP contribution >= 0.6 is 0 Å². The lowest BCUT2D eigenvalue weighted by Crippen LogP contribution is -2.60. The van der Waals surface area contributed by atoms with E-state index in [-0.39, 0.29) is 5.54 Å². The van der Waals surface area contributed by atoms with E-state index in [1.807, 2.05) is 0 Å². The van der Waals surface area contributed by atoms with E-state index in [0.717, 1.165) is 13.0 Å². The van der Waals surface area contributed by atoms with E-state index >= 15 is 0 Å². The van der Waals surface area contributed by atoms with Crippen molar-refractivity contribution in [1.29, 1.82) is 0 Å². The predicted octanol–water partition coefficient (Wildman–Crippen LogP) is 4.01. The summed E-state index contributed by atoms with van der Waals surface area (Å²) >= 11 is 0. The fourth-order valence-corrected chi connectivity index (χ4v) is 3.73. The van der Waals surface area contributed by atoms with Crippen molar-refractivity contribution in [3.05, 3.63) is 48.6 Å². The molecule has 0 radical (unpaired) electrons. The van der Waals surface area contributed by atoms with Crippen LogP contribution in [0.5, 0.6) is 0 Å². The molecule has 0 saturated carbocycles. The van der Waals surface area contributed by atoms with Crippen LogP contribution in [-0.4, -0.2) is 30.1 Å². The van der Waals surface area contributed by atoms with Crippen molar-refractivity contribution in [3.8, 4) is 0 Å². The van der Waals surface area contributed by atoms with Gasteiger partial charge in [-0.25, -0.2) is 0 Å². The van der Waals surface area contributed by atoms with Gasteiger partial charge in [-0.2, -0.15) is 0 Å². The molecule has 4 atom stereocenters. The average Bonchev–Trinajstić information content (AvgIpc) is 2.46. The average molecular weight is 286 g/mol. The summed E-state index contributed by atoms with van der Waals surface area (Å²) in [6, 6.07) is 11.7. The van der Waals surface area contributed by atoms with Gasteiger partial charge >= 0.3 is 0 Å². The number of hydrogen-bond donors (Lipinski definition) is 1. The summed E-state index contributed by atoms with van der Waals surface area (Å²) in [4.78, 5) is 2.47. The monoisotopic (exact) mass is 286 g/mol. The normalized spacial score (nSPS) is 31.8. The zero-order valence-corrected chi connectivity index (χ0v) is 14.0. The van der Waals surface area contributed by atoms with Crippen LogP contribution in [0.2, 0.25) is 0 Å². The van der Waals surface area contributed by atoms with Gasteiger partial charge in [0.1, 0.15) is 0 Å². The van der Waals surface area contributed by atoms with E-state index in [1.54, 1.807) is 0 Å². The molecule has 1 saturated heterocycles. The van der Waals surface area contributed by atoms with Crippen LogP contribution in [-0.2, 0) is 0 Å². The topological polar surface area (TPSA) is 15.3 Å². The van der Waals surface area contributed by atoms with Gasteiger partial charge in [0, 0.05) is 24.2 Å². The third-order valence-corrected chi connectivity index (χ3v) is 5.23. The third kappa shape index (κ3) is 3.56. The van der Waals surface area contributed by atoms with Crippen LogP contribution in [0.1, 0.15) is 45.2 Å². The second kappa shape index (κ2) is 6.76. The van der Waals surface area contributed by atoms with E-state index in [0.29, 0.717) is 18.0 Å². The minimum atomic E-state index is 0.156.